The van der Waals surface area contributed by atoms with E-state index in [1.165, 1.54) is 33.7 Å². The second-order valence-corrected chi connectivity index (χ2v) is 9.25. The monoisotopic (exact) mass is 406 g/mol. The molecule has 1 aliphatic carbocycles. The summed E-state index contributed by atoms with van der Waals surface area (Å²) in [6.45, 7) is 0. The maximum atomic E-state index is 12.6. The SMILES string of the molecule is COc1ccc(-c2cc(C(=O)NC3CCCCC3)[nH]n2)cc1S(=O)(=O)N(C)C. The third kappa shape index (κ3) is 4.20. The molecule has 3 rings (SSSR count). The number of benzene rings is 1. The van der Waals surface area contributed by atoms with Crippen LogP contribution >= 0.6 is 0 Å². The summed E-state index contributed by atoms with van der Waals surface area (Å²) < 4.78 is 31.5. The van der Waals surface area contributed by atoms with Gasteiger partial charge in [0.05, 0.1) is 12.8 Å². The van der Waals surface area contributed by atoms with Crippen LogP contribution in [0.4, 0.5) is 0 Å². The topological polar surface area (TPSA) is 104 Å². The molecule has 1 aliphatic rings. The fourth-order valence-corrected chi connectivity index (χ4v) is 4.41. The third-order valence-corrected chi connectivity index (χ3v) is 6.82. The van der Waals surface area contributed by atoms with Crippen LogP contribution in [0, 0.1) is 0 Å². The van der Waals surface area contributed by atoms with Crippen LogP contribution in [0.25, 0.3) is 11.3 Å². The van der Waals surface area contributed by atoms with Gasteiger partial charge in [0.1, 0.15) is 16.3 Å². The Morgan fingerprint density at radius 3 is 2.57 bits per heavy atom. The van der Waals surface area contributed by atoms with E-state index in [1.807, 2.05) is 0 Å². The zero-order valence-electron chi connectivity index (χ0n) is 16.4. The summed E-state index contributed by atoms with van der Waals surface area (Å²) in [5.74, 6) is 0.0588. The highest BCUT2D eigenvalue weighted by atomic mass is 32.2. The second kappa shape index (κ2) is 8.32. The van der Waals surface area contributed by atoms with Crippen LogP contribution in [0.5, 0.6) is 5.75 Å². The number of aromatic amines is 1. The second-order valence-electron chi connectivity index (χ2n) is 7.13. The number of carbonyl (C=O) groups is 1. The van der Waals surface area contributed by atoms with E-state index in [1.54, 1.807) is 18.2 Å². The molecule has 1 fully saturated rings. The Morgan fingerprint density at radius 2 is 1.93 bits per heavy atom. The van der Waals surface area contributed by atoms with Crippen molar-refractivity contribution in [3.63, 3.8) is 0 Å². The van der Waals surface area contributed by atoms with Crippen molar-refractivity contribution in [3.05, 3.63) is 30.0 Å². The van der Waals surface area contributed by atoms with Crippen molar-refractivity contribution in [3.8, 4) is 17.0 Å². The highest BCUT2D eigenvalue weighted by molar-refractivity contribution is 7.89. The van der Waals surface area contributed by atoms with Crippen LogP contribution in [-0.4, -0.2) is 56.1 Å². The molecule has 0 unspecified atom stereocenters. The van der Waals surface area contributed by atoms with Crippen LogP contribution < -0.4 is 10.1 Å². The molecule has 2 aromatic rings. The van der Waals surface area contributed by atoms with Gasteiger partial charge in [-0.2, -0.15) is 5.10 Å². The van der Waals surface area contributed by atoms with Crippen LogP contribution in [0.15, 0.2) is 29.2 Å². The molecule has 0 bridgehead atoms. The van der Waals surface area contributed by atoms with Gasteiger partial charge in [0, 0.05) is 25.7 Å². The number of methoxy groups -OCH3 is 1. The number of sulfonamides is 1. The van der Waals surface area contributed by atoms with E-state index in [4.69, 9.17) is 4.74 Å². The first-order valence-corrected chi connectivity index (χ1v) is 10.7. The average Bonchev–Trinajstić information content (AvgIpc) is 3.18. The zero-order chi connectivity index (χ0) is 20.3. The van der Waals surface area contributed by atoms with Crippen LogP contribution in [0.2, 0.25) is 0 Å². The maximum absolute atomic E-state index is 12.6. The Bertz CT molecular complexity index is 947. The molecule has 1 amide bonds. The van der Waals surface area contributed by atoms with Gasteiger partial charge in [-0.3, -0.25) is 9.89 Å². The molecule has 0 atom stereocenters. The molecule has 1 aromatic carbocycles. The number of rotatable bonds is 6. The number of hydrogen-bond donors (Lipinski definition) is 2. The van der Waals surface area contributed by atoms with Gasteiger partial charge in [-0.25, -0.2) is 12.7 Å². The van der Waals surface area contributed by atoms with Crippen molar-refractivity contribution in [2.45, 2.75) is 43.0 Å². The molecular weight excluding hydrogens is 380 g/mol. The molecule has 9 heteroatoms. The summed E-state index contributed by atoms with van der Waals surface area (Å²) in [7, 11) is 0.659. The maximum Gasteiger partial charge on any atom is 0.269 e. The third-order valence-electron chi connectivity index (χ3n) is 4.98. The summed E-state index contributed by atoms with van der Waals surface area (Å²) in [6.07, 6.45) is 5.48. The van der Waals surface area contributed by atoms with Crippen molar-refractivity contribution in [1.82, 2.24) is 19.8 Å². The quantitative estimate of drug-likeness (QED) is 0.766. The van der Waals surface area contributed by atoms with Gasteiger partial charge in [-0.15, -0.1) is 0 Å². The van der Waals surface area contributed by atoms with E-state index in [-0.39, 0.29) is 22.6 Å². The van der Waals surface area contributed by atoms with Gasteiger partial charge in [0.15, 0.2) is 0 Å². The predicted octanol–water partition coefficient (Wildman–Crippen LogP) is 2.40. The van der Waals surface area contributed by atoms with Crippen molar-refractivity contribution in [2.75, 3.05) is 21.2 Å². The molecular formula is C19H26N4O4S. The molecule has 1 heterocycles. The predicted molar refractivity (Wildman–Crippen MR) is 106 cm³/mol. The molecule has 1 aromatic heterocycles. The highest BCUT2D eigenvalue weighted by Gasteiger charge is 2.24. The van der Waals surface area contributed by atoms with Crippen molar-refractivity contribution in [2.24, 2.45) is 0 Å². The lowest BCUT2D eigenvalue weighted by Gasteiger charge is -2.22. The molecule has 0 saturated heterocycles. The molecule has 0 spiro atoms. The Balaban J connectivity index is 1.85. The molecule has 0 radical (unpaired) electrons. The molecule has 2 N–H and O–H groups in total. The molecule has 1 saturated carbocycles. The van der Waals surface area contributed by atoms with Gasteiger partial charge in [0.2, 0.25) is 10.0 Å². The Hall–Kier alpha value is -2.39. The van der Waals surface area contributed by atoms with Crippen LogP contribution in [0.3, 0.4) is 0 Å². The lowest BCUT2D eigenvalue weighted by atomic mass is 9.95. The highest BCUT2D eigenvalue weighted by Crippen LogP contribution is 2.30. The van der Waals surface area contributed by atoms with Gasteiger partial charge in [-0.1, -0.05) is 19.3 Å². The Morgan fingerprint density at radius 1 is 1.21 bits per heavy atom. The standard InChI is InChI=1S/C19H26N4O4S/c1-23(2)28(25,26)18-11-13(9-10-17(18)27-3)15-12-16(22-21-15)19(24)20-14-7-5-4-6-8-14/h9-12,14H,4-8H2,1-3H3,(H,20,24)(H,21,22). The molecule has 28 heavy (non-hydrogen) atoms. The molecule has 8 nitrogen and oxygen atoms in total. The Labute approximate surface area is 165 Å². The van der Waals surface area contributed by atoms with E-state index >= 15 is 0 Å². The minimum Gasteiger partial charge on any atom is -0.495 e. The fraction of sp³-hybridized carbons (Fsp3) is 0.474. The fourth-order valence-electron chi connectivity index (χ4n) is 3.33. The first-order chi connectivity index (χ1) is 13.3. The van der Waals surface area contributed by atoms with Crippen molar-refractivity contribution < 1.29 is 17.9 Å². The van der Waals surface area contributed by atoms with E-state index in [0.29, 0.717) is 17.0 Å². The number of aromatic nitrogens is 2. The largest absolute Gasteiger partial charge is 0.495 e. The lowest BCUT2D eigenvalue weighted by molar-refractivity contribution is 0.0922. The van der Waals surface area contributed by atoms with E-state index < -0.39 is 10.0 Å². The lowest BCUT2D eigenvalue weighted by Crippen LogP contribution is -2.36. The average molecular weight is 407 g/mol. The minimum absolute atomic E-state index is 0.0497. The number of nitrogens with one attached hydrogen (secondary N) is 2. The zero-order valence-corrected chi connectivity index (χ0v) is 17.2. The van der Waals surface area contributed by atoms with Crippen LogP contribution in [0.1, 0.15) is 42.6 Å². The summed E-state index contributed by atoms with van der Waals surface area (Å²) in [5.41, 5.74) is 1.43. The van der Waals surface area contributed by atoms with Gasteiger partial charge < -0.3 is 10.1 Å². The molecule has 152 valence electrons. The Kier molecular flexibility index (Phi) is 6.04. The number of amides is 1. The number of ether oxygens (including phenoxy) is 1. The van der Waals surface area contributed by atoms with Gasteiger partial charge in [-0.05, 0) is 37.1 Å². The van der Waals surface area contributed by atoms with Gasteiger partial charge in [0.25, 0.3) is 5.91 Å². The van der Waals surface area contributed by atoms with E-state index in [9.17, 15) is 13.2 Å². The summed E-state index contributed by atoms with van der Waals surface area (Å²) in [4.78, 5) is 12.5. The molecule has 0 aliphatic heterocycles. The summed E-state index contributed by atoms with van der Waals surface area (Å²) in [6, 6.07) is 6.64. The normalized spacial score (nSPS) is 15.6. The number of H-pyrrole nitrogens is 1. The number of nitrogens with zero attached hydrogens (tertiary/aromatic N) is 2. The van der Waals surface area contributed by atoms with Crippen LogP contribution in [-0.2, 0) is 10.0 Å². The van der Waals surface area contributed by atoms with Crippen molar-refractivity contribution in [1.29, 1.82) is 0 Å². The first kappa shape index (κ1) is 20.3. The van der Waals surface area contributed by atoms with E-state index in [2.05, 4.69) is 15.5 Å². The van der Waals surface area contributed by atoms with Gasteiger partial charge >= 0.3 is 0 Å². The minimum atomic E-state index is -3.69. The number of carbonyl (C=O) groups excluding carboxylic acids is 1. The van der Waals surface area contributed by atoms with Crippen molar-refractivity contribution >= 4 is 15.9 Å². The summed E-state index contributed by atoms with van der Waals surface area (Å²) >= 11 is 0. The number of hydrogen-bond acceptors (Lipinski definition) is 5. The first-order valence-electron chi connectivity index (χ1n) is 9.30. The smallest absolute Gasteiger partial charge is 0.269 e. The summed E-state index contributed by atoms with van der Waals surface area (Å²) in [5, 5.41) is 9.98. The van der Waals surface area contributed by atoms with E-state index in [0.717, 1.165) is 30.0 Å².